The number of nitrogen functional groups attached to an aromatic ring is 1. The first-order chi connectivity index (χ1) is 16.1. The third-order valence-electron chi connectivity index (χ3n) is 5.29. The average Bonchev–Trinajstić information content (AvgIpc) is 3.39. The number of carbonyl (C=O) groups is 3. The van der Waals surface area contributed by atoms with Crippen LogP contribution in [-0.4, -0.2) is 42.4 Å². The van der Waals surface area contributed by atoms with Crippen LogP contribution >= 0.6 is 11.5 Å². The zero-order valence-electron chi connectivity index (χ0n) is 19.4. The number of ether oxygens (including phenoxy) is 1. The summed E-state index contributed by atoms with van der Waals surface area (Å²) in [7, 11) is 1.52. The summed E-state index contributed by atoms with van der Waals surface area (Å²) in [5.41, 5.74) is 13.4. The maximum atomic E-state index is 13.9. The van der Waals surface area contributed by atoms with Crippen LogP contribution in [-0.2, 0) is 9.53 Å². The van der Waals surface area contributed by atoms with Gasteiger partial charge in [-0.25, -0.2) is 0 Å². The summed E-state index contributed by atoms with van der Waals surface area (Å²) in [5, 5.41) is 2.78. The monoisotopic (exact) mass is 485 g/mol. The van der Waals surface area contributed by atoms with Gasteiger partial charge in [0.05, 0.1) is 12.3 Å². The Balaban J connectivity index is 2.18. The molecule has 0 spiro atoms. The van der Waals surface area contributed by atoms with Crippen molar-refractivity contribution in [2.24, 2.45) is 5.73 Å². The van der Waals surface area contributed by atoms with Gasteiger partial charge in [-0.05, 0) is 67.7 Å². The zero-order valence-corrected chi connectivity index (χ0v) is 20.2. The second-order valence-electron chi connectivity index (χ2n) is 7.72. The lowest BCUT2D eigenvalue weighted by Crippen LogP contribution is -2.44. The molecular weight excluding hydrogens is 458 g/mol. The maximum Gasteiger partial charge on any atom is 0.273 e. The number of furan rings is 1. The lowest BCUT2D eigenvalue weighted by molar-refractivity contribution is -0.123. The highest BCUT2D eigenvalue weighted by Crippen LogP contribution is 2.34. The maximum absolute atomic E-state index is 13.9. The van der Waals surface area contributed by atoms with E-state index in [0.29, 0.717) is 11.4 Å². The van der Waals surface area contributed by atoms with Crippen molar-refractivity contribution in [3.63, 3.8) is 0 Å². The van der Waals surface area contributed by atoms with Gasteiger partial charge in [-0.3, -0.25) is 19.3 Å². The van der Waals surface area contributed by atoms with Crippen LogP contribution in [0.2, 0.25) is 0 Å². The van der Waals surface area contributed by atoms with Gasteiger partial charge in [-0.1, -0.05) is 6.07 Å². The topological polar surface area (TPSA) is 154 Å². The first-order valence-corrected chi connectivity index (χ1v) is 11.2. The normalized spacial score (nSPS) is 11.8. The fraction of sp³-hybridized carbons (Fsp3) is 0.304. The zero-order chi connectivity index (χ0) is 25.0. The first-order valence-electron chi connectivity index (χ1n) is 10.4. The number of aryl methyl sites for hydroxylation is 3. The van der Waals surface area contributed by atoms with Crippen LogP contribution in [0.4, 0.5) is 11.4 Å². The molecule has 0 fully saturated rings. The van der Waals surface area contributed by atoms with E-state index in [1.807, 2.05) is 19.9 Å². The Morgan fingerprint density at radius 1 is 1.18 bits per heavy atom. The number of benzene rings is 1. The van der Waals surface area contributed by atoms with Gasteiger partial charge < -0.3 is 25.9 Å². The standard InChI is InChI=1S/C23H27N5O5S/c1-12-5-7-15(11-13(12)2)28(23(31)20-17(24)18(21(25)29)27-34-20)19(16-8-6-14(3)33-16)22(30)26-9-10-32-4/h5-8,11,19H,9-10,24H2,1-4H3,(H2,25,29)(H,26,30)/t19-/m1/s1. The van der Waals surface area contributed by atoms with Crippen molar-refractivity contribution in [1.29, 1.82) is 0 Å². The molecule has 3 rings (SSSR count). The second kappa shape index (κ2) is 10.5. The first kappa shape index (κ1) is 24.9. The fourth-order valence-electron chi connectivity index (χ4n) is 3.34. The summed E-state index contributed by atoms with van der Waals surface area (Å²) in [6, 6.07) is 7.56. The van der Waals surface area contributed by atoms with Gasteiger partial charge in [0, 0.05) is 19.3 Å². The van der Waals surface area contributed by atoms with Crippen LogP contribution in [0.1, 0.15) is 48.8 Å². The molecule has 5 N–H and O–H groups in total. The molecule has 11 heteroatoms. The SMILES string of the molecule is COCCNC(=O)[C@@H](c1ccc(C)o1)N(C(=O)c1snc(C(N)=O)c1N)c1ccc(C)c(C)c1. The summed E-state index contributed by atoms with van der Waals surface area (Å²) in [4.78, 5) is 40.2. The van der Waals surface area contributed by atoms with Crippen molar-refractivity contribution in [1.82, 2.24) is 9.69 Å². The van der Waals surface area contributed by atoms with E-state index in [2.05, 4.69) is 9.69 Å². The van der Waals surface area contributed by atoms with Crippen LogP contribution in [0.5, 0.6) is 0 Å². The van der Waals surface area contributed by atoms with E-state index in [1.54, 1.807) is 31.2 Å². The van der Waals surface area contributed by atoms with E-state index in [-0.39, 0.29) is 35.2 Å². The Morgan fingerprint density at radius 2 is 1.91 bits per heavy atom. The number of amides is 3. The molecule has 0 saturated carbocycles. The minimum absolute atomic E-state index is 0.00926. The fourth-order valence-corrected chi connectivity index (χ4v) is 4.09. The van der Waals surface area contributed by atoms with Crippen molar-refractivity contribution in [3.05, 3.63) is 63.6 Å². The average molecular weight is 486 g/mol. The molecule has 2 aromatic heterocycles. The molecule has 2 heterocycles. The van der Waals surface area contributed by atoms with E-state index >= 15 is 0 Å². The quantitative estimate of drug-likeness (QED) is 0.393. The molecule has 3 aromatic rings. The number of rotatable bonds is 9. The summed E-state index contributed by atoms with van der Waals surface area (Å²) in [5.74, 6) is -1.10. The lowest BCUT2D eigenvalue weighted by atomic mass is 10.1. The number of carbonyl (C=O) groups excluding carboxylic acids is 3. The van der Waals surface area contributed by atoms with Crippen molar-refractivity contribution in [2.45, 2.75) is 26.8 Å². The van der Waals surface area contributed by atoms with Crippen LogP contribution in [0.15, 0.2) is 34.7 Å². The van der Waals surface area contributed by atoms with Gasteiger partial charge in [-0.2, -0.15) is 4.37 Å². The van der Waals surface area contributed by atoms with Crippen molar-refractivity contribution in [2.75, 3.05) is 30.9 Å². The molecular formula is C23H27N5O5S. The summed E-state index contributed by atoms with van der Waals surface area (Å²) < 4.78 is 14.8. The van der Waals surface area contributed by atoms with E-state index in [9.17, 15) is 14.4 Å². The molecule has 0 aliphatic carbocycles. The largest absolute Gasteiger partial charge is 0.464 e. The van der Waals surface area contributed by atoms with Crippen molar-refractivity contribution < 1.29 is 23.5 Å². The van der Waals surface area contributed by atoms with Gasteiger partial charge in [0.25, 0.3) is 17.7 Å². The highest BCUT2D eigenvalue weighted by Gasteiger charge is 2.37. The van der Waals surface area contributed by atoms with E-state index in [0.717, 1.165) is 22.7 Å². The number of nitrogens with one attached hydrogen (secondary N) is 1. The molecule has 34 heavy (non-hydrogen) atoms. The Kier molecular flexibility index (Phi) is 7.69. The molecule has 0 aliphatic rings. The number of anilines is 2. The van der Waals surface area contributed by atoms with E-state index < -0.39 is 23.8 Å². The van der Waals surface area contributed by atoms with E-state index in [1.165, 1.54) is 12.0 Å². The number of methoxy groups -OCH3 is 1. The van der Waals surface area contributed by atoms with Gasteiger partial charge in [0.1, 0.15) is 16.4 Å². The number of hydrogen-bond donors (Lipinski definition) is 3. The van der Waals surface area contributed by atoms with Crippen LogP contribution < -0.4 is 21.7 Å². The molecule has 0 saturated heterocycles. The Morgan fingerprint density at radius 3 is 2.47 bits per heavy atom. The second-order valence-corrected chi connectivity index (χ2v) is 8.49. The Labute approximate surface area is 201 Å². The molecule has 0 aliphatic heterocycles. The third-order valence-corrected chi connectivity index (χ3v) is 6.14. The highest BCUT2D eigenvalue weighted by molar-refractivity contribution is 7.09. The molecule has 1 atom stereocenters. The van der Waals surface area contributed by atoms with Crippen molar-refractivity contribution in [3.8, 4) is 0 Å². The molecule has 0 radical (unpaired) electrons. The summed E-state index contributed by atoms with van der Waals surface area (Å²) in [6.45, 7) is 6.10. The minimum Gasteiger partial charge on any atom is -0.464 e. The molecule has 1 aromatic carbocycles. The Bertz CT molecular complexity index is 1220. The highest BCUT2D eigenvalue weighted by atomic mass is 32.1. The number of nitrogens with zero attached hydrogens (tertiary/aromatic N) is 2. The molecule has 0 unspecified atom stereocenters. The van der Waals surface area contributed by atoms with Gasteiger partial charge in [-0.15, -0.1) is 0 Å². The van der Waals surface area contributed by atoms with Gasteiger partial charge >= 0.3 is 0 Å². The predicted octanol–water partition coefficient (Wildman–Crippen LogP) is 2.49. The molecule has 3 amide bonds. The minimum atomic E-state index is -1.17. The van der Waals surface area contributed by atoms with Crippen LogP contribution in [0.3, 0.4) is 0 Å². The number of primary amides is 1. The van der Waals surface area contributed by atoms with Crippen LogP contribution in [0, 0.1) is 20.8 Å². The smallest absolute Gasteiger partial charge is 0.273 e. The lowest BCUT2D eigenvalue weighted by Gasteiger charge is -2.30. The molecule has 180 valence electrons. The van der Waals surface area contributed by atoms with Gasteiger partial charge in [0.2, 0.25) is 0 Å². The predicted molar refractivity (Wildman–Crippen MR) is 129 cm³/mol. The van der Waals surface area contributed by atoms with Crippen LogP contribution in [0.25, 0.3) is 0 Å². The number of nitrogens with two attached hydrogens (primary N) is 2. The number of aromatic nitrogens is 1. The molecule has 0 bridgehead atoms. The number of hydrogen-bond acceptors (Lipinski definition) is 8. The van der Waals surface area contributed by atoms with E-state index in [4.69, 9.17) is 20.6 Å². The Hall–Kier alpha value is -3.70. The summed E-state index contributed by atoms with van der Waals surface area (Å²) >= 11 is 0.745. The van der Waals surface area contributed by atoms with Gasteiger partial charge in [0.15, 0.2) is 11.7 Å². The summed E-state index contributed by atoms with van der Waals surface area (Å²) in [6.07, 6.45) is 0. The van der Waals surface area contributed by atoms with Crippen molar-refractivity contribution >= 4 is 40.6 Å². The third kappa shape index (κ3) is 5.10. The molecule has 10 nitrogen and oxygen atoms in total.